The van der Waals surface area contributed by atoms with E-state index in [2.05, 4.69) is 30.4 Å². The number of imidazole rings is 1. The van der Waals surface area contributed by atoms with Gasteiger partial charge in [-0.3, -0.25) is 15.0 Å². The van der Waals surface area contributed by atoms with Gasteiger partial charge in [-0.15, -0.1) is 0 Å². The Bertz CT molecular complexity index is 1330. The van der Waals surface area contributed by atoms with Crippen LogP contribution in [0.5, 0.6) is 5.88 Å². The van der Waals surface area contributed by atoms with Gasteiger partial charge in [0.2, 0.25) is 5.88 Å². The van der Waals surface area contributed by atoms with Gasteiger partial charge in [-0.2, -0.15) is 9.61 Å². The van der Waals surface area contributed by atoms with Crippen molar-refractivity contribution in [3.8, 4) is 5.88 Å². The Morgan fingerprint density at radius 3 is 2.93 bits per heavy atom. The molecule has 0 aliphatic heterocycles. The molecule has 28 heavy (non-hydrogen) atoms. The molecule has 0 unspecified atom stereocenters. The molecular formula is C18H16N8O2. The van der Waals surface area contributed by atoms with Gasteiger partial charge in [0.1, 0.15) is 11.5 Å². The van der Waals surface area contributed by atoms with Crippen LogP contribution in [-0.2, 0) is 0 Å². The van der Waals surface area contributed by atoms with Crippen molar-refractivity contribution in [2.24, 2.45) is 4.99 Å². The van der Waals surface area contributed by atoms with Crippen molar-refractivity contribution in [2.45, 2.75) is 18.9 Å². The Labute approximate surface area is 157 Å². The van der Waals surface area contributed by atoms with Crippen molar-refractivity contribution in [1.82, 2.24) is 29.5 Å². The SMILES string of the molecule is O=c1[nH]c(O)c(/C=c2/cnn3c(=NC4CC4)cc(Nc4cccnc4)nc23)[nH]1. The highest BCUT2D eigenvalue weighted by atomic mass is 16.3. The Hall–Kier alpha value is -3.95. The van der Waals surface area contributed by atoms with E-state index in [1.54, 1.807) is 29.2 Å². The van der Waals surface area contributed by atoms with E-state index in [1.165, 1.54) is 0 Å². The summed E-state index contributed by atoms with van der Waals surface area (Å²) >= 11 is 0. The molecule has 1 fully saturated rings. The molecule has 1 aliphatic rings. The minimum atomic E-state index is -0.489. The van der Waals surface area contributed by atoms with Gasteiger partial charge in [0, 0.05) is 17.5 Å². The summed E-state index contributed by atoms with van der Waals surface area (Å²) in [7, 11) is 0. The van der Waals surface area contributed by atoms with E-state index in [1.807, 2.05) is 18.2 Å². The number of aromatic amines is 2. The summed E-state index contributed by atoms with van der Waals surface area (Å²) in [6.07, 6.45) is 8.76. The minimum Gasteiger partial charge on any atom is -0.493 e. The number of aromatic hydroxyl groups is 1. The standard InChI is InChI=1S/C18H16N8O2/c27-17-13(23-18(28)25-17)6-10-8-20-26-15(22-11-3-4-11)7-14(24-16(10)26)21-12-2-1-5-19-9-12/h1-2,5-9,11,21,27H,3-4H2,(H2,23,25,28)/b10-6-,22-15?. The normalized spacial score (nSPS) is 15.4. The highest BCUT2D eigenvalue weighted by Crippen LogP contribution is 2.22. The third kappa shape index (κ3) is 3.11. The fraction of sp³-hybridized carbons (Fsp3) is 0.167. The Kier molecular flexibility index (Phi) is 3.68. The average molecular weight is 376 g/mol. The lowest BCUT2D eigenvalue weighted by atomic mass is 10.3. The molecule has 0 saturated heterocycles. The summed E-state index contributed by atoms with van der Waals surface area (Å²) in [5, 5.41) is 18.1. The van der Waals surface area contributed by atoms with Gasteiger partial charge in [0.15, 0.2) is 11.1 Å². The average Bonchev–Trinajstić information content (AvgIpc) is 3.32. The zero-order valence-corrected chi connectivity index (χ0v) is 14.6. The van der Waals surface area contributed by atoms with Crippen LogP contribution < -0.4 is 21.7 Å². The first kappa shape index (κ1) is 16.2. The van der Waals surface area contributed by atoms with E-state index in [0.29, 0.717) is 28.2 Å². The van der Waals surface area contributed by atoms with Crippen molar-refractivity contribution in [1.29, 1.82) is 0 Å². The molecule has 10 nitrogen and oxygen atoms in total. The number of rotatable bonds is 4. The number of aromatic nitrogens is 6. The number of hydrogen-bond donors (Lipinski definition) is 4. The van der Waals surface area contributed by atoms with Gasteiger partial charge in [0.25, 0.3) is 0 Å². The number of fused-ring (bicyclic) bond motifs is 1. The topological polar surface area (TPSA) is 136 Å². The largest absolute Gasteiger partial charge is 0.493 e. The summed E-state index contributed by atoms with van der Waals surface area (Å²) in [5.41, 5.74) is 1.80. The second kappa shape index (κ2) is 6.34. The van der Waals surface area contributed by atoms with Crippen LogP contribution in [0.15, 0.2) is 46.6 Å². The van der Waals surface area contributed by atoms with Gasteiger partial charge in [-0.05, 0) is 31.1 Å². The Morgan fingerprint density at radius 2 is 2.21 bits per heavy atom. The predicted molar refractivity (Wildman–Crippen MR) is 101 cm³/mol. The molecule has 0 bridgehead atoms. The fourth-order valence-electron chi connectivity index (χ4n) is 2.84. The molecule has 1 aliphatic carbocycles. The Balaban J connectivity index is 1.70. The molecule has 5 rings (SSSR count). The van der Waals surface area contributed by atoms with E-state index in [0.717, 1.165) is 18.5 Å². The molecule has 0 spiro atoms. The monoisotopic (exact) mass is 376 g/mol. The molecule has 1 saturated carbocycles. The molecule has 4 N–H and O–H groups in total. The third-order valence-electron chi connectivity index (χ3n) is 4.31. The first-order chi connectivity index (χ1) is 13.7. The molecule has 0 amide bonds. The van der Waals surface area contributed by atoms with Crippen molar-refractivity contribution in [2.75, 3.05) is 5.32 Å². The van der Waals surface area contributed by atoms with Gasteiger partial charge < -0.3 is 15.4 Å². The molecule has 0 aromatic carbocycles. The molecule has 140 valence electrons. The summed E-state index contributed by atoms with van der Waals surface area (Å²) in [6, 6.07) is 5.87. The molecule has 0 atom stereocenters. The number of pyridine rings is 1. The van der Waals surface area contributed by atoms with E-state index >= 15 is 0 Å². The summed E-state index contributed by atoms with van der Waals surface area (Å²) in [5.74, 6) is 0.360. The first-order valence-electron chi connectivity index (χ1n) is 8.78. The minimum absolute atomic E-state index is 0.239. The maximum absolute atomic E-state index is 11.4. The molecule has 4 heterocycles. The van der Waals surface area contributed by atoms with Gasteiger partial charge >= 0.3 is 5.69 Å². The number of nitrogens with zero attached hydrogens (tertiary/aromatic N) is 5. The zero-order chi connectivity index (χ0) is 19.1. The Morgan fingerprint density at radius 1 is 1.32 bits per heavy atom. The molecule has 4 aromatic rings. The predicted octanol–water partition coefficient (Wildman–Crippen LogP) is 0.201. The first-order valence-corrected chi connectivity index (χ1v) is 8.78. The maximum atomic E-state index is 11.4. The molecule has 0 radical (unpaired) electrons. The van der Waals surface area contributed by atoms with Crippen LogP contribution in [0.4, 0.5) is 11.5 Å². The van der Waals surface area contributed by atoms with Crippen LogP contribution in [-0.4, -0.2) is 40.7 Å². The summed E-state index contributed by atoms with van der Waals surface area (Å²) in [4.78, 5) is 29.7. The third-order valence-corrected chi connectivity index (χ3v) is 4.31. The smallest absolute Gasteiger partial charge is 0.326 e. The van der Waals surface area contributed by atoms with Crippen LogP contribution in [0.25, 0.3) is 11.7 Å². The fourth-order valence-corrected chi connectivity index (χ4v) is 2.84. The summed E-state index contributed by atoms with van der Waals surface area (Å²) in [6.45, 7) is 0. The lowest BCUT2D eigenvalue weighted by Crippen LogP contribution is -2.19. The quantitative estimate of drug-likeness (QED) is 0.402. The van der Waals surface area contributed by atoms with E-state index < -0.39 is 5.69 Å². The number of anilines is 2. The van der Waals surface area contributed by atoms with Gasteiger partial charge in [-0.1, -0.05) is 0 Å². The van der Waals surface area contributed by atoms with Crippen LogP contribution >= 0.6 is 0 Å². The lowest BCUT2D eigenvalue weighted by molar-refractivity contribution is 0.454. The van der Waals surface area contributed by atoms with E-state index in [-0.39, 0.29) is 11.6 Å². The van der Waals surface area contributed by atoms with E-state index in [9.17, 15) is 9.90 Å². The maximum Gasteiger partial charge on any atom is 0.326 e. The second-order valence-corrected chi connectivity index (χ2v) is 6.55. The second-order valence-electron chi connectivity index (χ2n) is 6.55. The van der Waals surface area contributed by atoms with E-state index in [4.69, 9.17) is 4.99 Å². The van der Waals surface area contributed by atoms with Gasteiger partial charge in [0.05, 0.1) is 24.1 Å². The van der Waals surface area contributed by atoms with Crippen LogP contribution in [0.3, 0.4) is 0 Å². The van der Waals surface area contributed by atoms with Crippen molar-refractivity contribution in [3.63, 3.8) is 0 Å². The number of hydrogen-bond acceptors (Lipinski definition) is 7. The van der Waals surface area contributed by atoms with Crippen molar-refractivity contribution < 1.29 is 5.11 Å². The molecule has 10 heteroatoms. The zero-order valence-electron chi connectivity index (χ0n) is 14.6. The van der Waals surface area contributed by atoms with Crippen LogP contribution in [0.2, 0.25) is 0 Å². The number of nitrogens with one attached hydrogen (secondary N) is 3. The van der Waals surface area contributed by atoms with Crippen molar-refractivity contribution in [3.05, 3.63) is 63.7 Å². The highest BCUT2D eigenvalue weighted by molar-refractivity contribution is 5.60. The molecule has 4 aromatic heterocycles. The summed E-state index contributed by atoms with van der Waals surface area (Å²) < 4.78 is 1.65. The number of H-pyrrole nitrogens is 2. The molecular weight excluding hydrogens is 360 g/mol. The van der Waals surface area contributed by atoms with Crippen molar-refractivity contribution >= 4 is 23.2 Å². The van der Waals surface area contributed by atoms with Crippen LogP contribution in [0, 0.1) is 0 Å². The lowest BCUT2D eigenvalue weighted by Gasteiger charge is -2.05. The highest BCUT2D eigenvalue weighted by Gasteiger charge is 2.20. The van der Waals surface area contributed by atoms with Gasteiger partial charge in [-0.25, -0.2) is 9.78 Å². The van der Waals surface area contributed by atoms with Crippen LogP contribution in [0.1, 0.15) is 18.5 Å².